The van der Waals surface area contributed by atoms with E-state index in [2.05, 4.69) is 108 Å². The van der Waals surface area contributed by atoms with Crippen molar-refractivity contribution in [2.24, 2.45) is 10.2 Å². The van der Waals surface area contributed by atoms with Gasteiger partial charge in [0.25, 0.3) is 0 Å². The van der Waals surface area contributed by atoms with Gasteiger partial charge in [-0.1, -0.05) is 77.9 Å². The zero-order valence-electron chi connectivity index (χ0n) is 17.4. The Labute approximate surface area is 177 Å². The van der Waals surface area contributed by atoms with E-state index in [1.54, 1.807) is 0 Å². The van der Waals surface area contributed by atoms with Gasteiger partial charge in [-0.2, -0.15) is 10.2 Å². The van der Waals surface area contributed by atoms with Gasteiger partial charge in [-0.3, -0.25) is 0 Å². The molecule has 2 aliphatic rings. The fraction of sp³-hybridized carbons (Fsp3) is 0.231. The molecule has 0 aromatic heterocycles. The third-order valence-electron chi connectivity index (χ3n) is 5.99. The van der Waals surface area contributed by atoms with Gasteiger partial charge in [-0.25, -0.2) is 0 Å². The molecule has 2 unspecified atom stereocenters. The molecule has 0 saturated carbocycles. The minimum Gasteiger partial charge on any atom is -0.302 e. The molecule has 0 radical (unpaired) electrons. The smallest absolute Gasteiger partial charge is 0.0745 e. The van der Waals surface area contributed by atoms with Crippen molar-refractivity contribution in [1.29, 1.82) is 0 Å². The Kier molecular flexibility index (Phi) is 4.83. The van der Waals surface area contributed by atoms with Crippen LogP contribution in [-0.2, 0) is 0 Å². The van der Waals surface area contributed by atoms with Crippen molar-refractivity contribution in [1.82, 2.24) is 10.9 Å². The first-order valence-corrected chi connectivity index (χ1v) is 10.5. The van der Waals surface area contributed by atoms with Crippen LogP contribution in [0.15, 0.2) is 83.0 Å². The molecule has 0 fully saturated rings. The van der Waals surface area contributed by atoms with Crippen LogP contribution in [0.25, 0.3) is 0 Å². The summed E-state index contributed by atoms with van der Waals surface area (Å²) in [5.41, 5.74) is 16.3. The lowest BCUT2D eigenvalue weighted by Crippen LogP contribution is -2.10. The van der Waals surface area contributed by atoms with Crippen LogP contribution in [0.4, 0.5) is 0 Å². The van der Waals surface area contributed by atoms with Crippen molar-refractivity contribution in [3.8, 4) is 0 Å². The molecule has 30 heavy (non-hydrogen) atoms. The second kappa shape index (κ2) is 7.79. The normalized spacial score (nSPS) is 20.3. The Hall–Kier alpha value is -3.40. The molecule has 0 saturated heterocycles. The summed E-state index contributed by atoms with van der Waals surface area (Å²) in [6.07, 6.45) is 1.78. The predicted molar refractivity (Wildman–Crippen MR) is 123 cm³/mol. The molecule has 0 bridgehead atoms. The number of nitrogens with zero attached hydrogens (tertiary/aromatic N) is 2. The van der Waals surface area contributed by atoms with Gasteiger partial charge in [-0.15, -0.1) is 0 Å². The van der Waals surface area contributed by atoms with Gasteiger partial charge in [0.1, 0.15) is 0 Å². The molecule has 3 aromatic rings. The van der Waals surface area contributed by atoms with Crippen molar-refractivity contribution in [2.45, 2.75) is 38.8 Å². The first-order chi connectivity index (χ1) is 14.7. The fourth-order valence-corrected chi connectivity index (χ4v) is 4.11. The third-order valence-corrected chi connectivity index (χ3v) is 5.99. The molecule has 4 heteroatoms. The lowest BCUT2D eigenvalue weighted by Gasteiger charge is -2.11. The van der Waals surface area contributed by atoms with E-state index >= 15 is 0 Å². The van der Waals surface area contributed by atoms with E-state index in [-0.39, 0.29) is 12.1 Å². The van der Waals surface area contributed by atoms with Crippen molar-refractivity contribution >= 4 is 11.4 Å². The lowest BCUT2D eigenvalue weighted by atomic mass is 9.95. The Morgan fingerprint density at radius 3 is 1.50 bits per heavy atom. The van der Waals surface area contributed by atoms with Crippen molar-refractivity contribution in [3.63, 3.8) is 0 Å². The predicted octanol–water partition coefficient (Wildman–Crippen LogP) is 5.18. The molecule has 3 aromatic carbocycles. The number of nitrogens with one attached hydrogen (secondary N) is 2. The minimum absolute atomic E-state index is 0.237. The van der Waals surface area contributed by atoms with Gasteiger partial charge < -0.3 is 10.9 Å². The highest BCUT2D eigenvalue weighted by atomic mass is 15.3. The second-order valence-corrected chi connectivity index (χ2v) is 8.29. The summed E-state index contributed by atoms with van der Waals surface area (Å²) in [7, 11) is 0. The van der Waals surface area contributed by atoms with Gasteiger partial charge in [-0.05, 0) is 42.2 Å². The van der Waals surface area contributed by atoms with Crippen LogP contribution in [-0.4, -0.2) is 11.4 Å². The highest BCUT2D eigenvalue weighted by Crippen LogP contribution is 2.27. The summed E-state index contributed by atoms with van der Waals surface area (Å²) in [6, 6.07) is 26.5. The maximum atomic E-state index is 4.64. The number of hydrogen-bond donors (Lipinski definition) is 2. The average molecular weight is 395 g/mol. The van der Waals surface area contributed by atoms with Crippen LogP contribution in [0.2, 0.25) is 0 Å². The summed E-state index contributed by atoms with van der Waals surface area (Å²) in [4.78, 5) is 0. The summed E-state index contributed by atoms with van der Waals surface area (Å²) >= 11 is 0. The van der Waals surface area contributed by atoms with Gasteiger partial charge in [0.05, 0.1) is 23.5 Å². The average Bonchev–Trinajstić information content (AvgIpc) is 3.45. The van der Waals surface area contributed by atoms with Crippen LogP contribution in [0.5, 0.6) is 0 Å². The van der Waals surface area contributed by atoms with Crippen molar-refractivity contribution in [2.75, 3.05) is 0 Å². The largest absolute Gasteiger partial charge is 0.302 e. The maximum absolute atomic E-state index is 4.64. The van der Waals surface area contributed by atoms with E-state index in [9.17, 15) is 0 Å². The van der Waals surface area contributed by atoms with Crippen LogP contribution in [0.1, 0.15) is 58.3 Å². The van der Waals surface area contributed by atoms with Gasteiger partial charge in [0, 0.05) is 12.8 Å². The Bertz CT molecular complexity index is 1020. The number of aryl methyl sites for hydroxylation is 2. The zero-order valence-corrected chi connectivity index (χ0v) is 17.4. The van der Waals surface area contributed by atoms with E-state index in [0.717, 1.165) is 35.4 Å². The summed E-state index contributed by atoms with van der Waals surface area (Å²) in [5, 5.41) is 9.27. The molecule has 0 spiro atoms. The number of hydrazone groups is 2. The van der Waals surface area contributed by atoms with Crippen LogP contribution in [0, 0.1) is 13.8 Å². The molecule has 0 aliphatic carbocycles. The van der Waals surface area contributed by atoms with Gasteiger partial charge in [0.15, 0.2) is 0 Å². The Morgan fingerprint density at radius 1 is 0.633 bits per heavy atom. The summed E-state index contributed by atoms with van der Waals surface area (Å²) < 4.78 is 0. The number of rotatable bonds is 4. The van der Waals surface area contributed by atoms with Crippen LogP contribution < -0.4 is 10.9 Å². The van der Waals surface area contributed by atoms with E-state index in [4.69, 9.17) is 0 Å². The van der Waals surface area contributed by atoms with E-state index in [1.807, 2.05) is 0 Å². The molecule has 150 valence electrons. The maximum Gasteiger partial charge on any atom is 0.0745 e. The molecule has 2 atom stereocenters. The number of benzene rings is 3. The van der Waals surface area contributed by atoms with Crippen molar-refractivity contribution in [3.05, 3.63) is 106 Å². The highest BCUT2D eigenvalue weighted by Gasteiger charge is 2.24. The van der Waals surface area contributed by atoms with Gasteiger partial charge >= 0.3 is 0 Å². The number of hydrogen-bond acceptors (Lipinski definition) is 4. The van der Waals surface area contributed by atoms with Crippen LogP contribution >= 0.6 is 0 Å². The first-order valence-electron chi connectivity index (χ1n) is 10.5. The Morgan fingerprint density at radius 2 is 1.07 bits per heavy atom. The first kappa shape index (κ1) is 18.6. The van der Waals surface area contributed by atoms with E-state index in [0.29, 0.717) is 0 Å². The van der Waals surface area contributed by atoms with E-state index < -0.39 is 0 Å². The molecule has 2 heterocycles. The molecule has 0 amide bonds. The molecular formula is C26H26N4. The third kappa shape index (κ3) is 3.73. The van der Waals surface area contributed by atoms with Crippen LogP contribution in [0.3, 0.4) is 0 Å². The second-order valence-electron chi connectivity index (χ2n) is 8.29. The topological polar surface area (TPSA) is 48.8 Å². The quantitative estimate of drug-likeness (QED) is 0.640. The lowest BCUT2D eigenvalue weighted by molar-refractivity contribution is 0.620. The zero-order chi connectivity index (χ0) is 20.5. The minimum atomic E-state index is 0.237. The molecule has 4 nitrogen and oxygen atoms in total. The fourth-order valence-electron chi connectivity index (χ4n) is 4.11. The molecule has 2 aliphatic heterocycles. The van der Waals surface area contributed by atoms with E-state index in [1.165, 1.54) is 22.3 Å². The Balaban J connectivity index is 1.29. The monoisotopic (exact) mass is 394 g/mol. The van der Waals surface area contributed by atoms with Gasteiger partial charge in [0.2, 0.25) is 0 Å². The summed E-state index contributed by atoms with van der Waals surface area (Å²) in [6.45, 7) is 4.23. The molecular weight excluding hydrogens is 368 g/mol. The SMILES string of the molecule is Cc1ccc(C2CC(c3cccc(C4=NNC(c5ccc(C)cc5)C4)c3)=NN2)cc1. The van der Waals surface area contributed by atoms with Crippen molar-refractivity contribution < 1.29 is 0 Å². The highest BCUT2D eigenvalue weighted by molar-refractivity contribution is 6.06. The molecule has 5 rings (SSSR count). The molecule has 2 N–H and O–H groups in total. The standard InChI is InChI=1S/C26H26N4/c1-17-6-10-19(11-7-17)23-15-25(29-27-23)21-4-3-5-22(14-21)26-16-24(28-30-26)20-12-8-18(2)9-13-20/h3-14,23-24,27-28H,15-16H2,1-2H3. The summed E-state index contributed by atoms with van der Waals surface area (Å²) in [5.74, 6) is 0.